The van der Waals surface area contributed by atoms with Gasteiger partial charge in [0.25, 0.3) is 0 Å². The van der Waals surface area contributed by atoms with Crippen molar-refractivity contribution < 1.29 is 0 Å². The number of nitrogens with zero attached hydrogens (tertiary/aromatic N) is 2. The first kappa shape index (κ1) is 24.1. The fraction of sp³-hybridized carbons (Fsp3) is 0.167. The van der Waals surface area contributed by atoms with Crippen molar-refractivity contribution in [3.63, 3.8) is 0 Å². The van der Waals surface area contributed by atoms with E-state index in [1.807, 2.05) is 0 Å². The number of aryl methyl sites for hydroxylation is 4. The van der Waals surface area contributed by atoms with E-state index >= 15 is 0 Å². The highest BCUT2D eigenvalue weighted by molar-refractivity contribution is 6.09. The Balaban J connectivity index is 1.47. The van der Waals surface area contributed by atoms with Crippen LogP contribution in [0.4, 0.5) is 17.1 Å². The molecule has 0 radical (unpaired) electrons. The third-order valence-corrected chi connectivity index (χ3v) is 7.83. The van der Waals surface area contributed by atoms with Crippen molar-refractivity contribution in [2.75, 3.05) is 4.90 Å². The van der Waals surface area contributed by atoms with Crippen LogP contribution in [0, 0.1) is 6.92 Å². The second kappa shape index (κ2) is 9.87. The van der Waals surface area contributed by atoms with Gasteiger partial charge in [0, 0.05) is 45.9 Å². The van der Waals surface area contributed by atoms with Crippen LogP contribution in [0.5, 0.6) is 0 Å². The fourth-order valence-electron chi connectivity index (χ4n) is 5.48. The third-order valence-electron chi connectivity index (χ3n) is 7.83. The zero-order valence-corrected chi connectivity index (χ0v) is 22.7. The molecule has 2 nitrogen and oxygen atoms in total. The maximum atomic E-state index is 2.36. The summed E-state index contributed by atoms with van der Waals surface area (Å²) in [6.45, 7) is 6.55. The molecule has 188 valence electrons. The number of fused-ring (bicyclic) bond motifs is 3. The van der Waals surface area contributed by atoms with E-state index in [9.17, 15) is 0 Å². The molecule has 2 heteroatoms. The van der Waals surface area contributed by atoms with Crippen LogP contribution in [0.15, 0.2) is 109 Å². The summed E-state index contributed by atoms with van der Waals surface area (Å²) in [7, 11) is 2.17. The van der Waals surface area contributed by atoms with Crippen molar-refractivity contribution in [3.8, 4) is 11.1 Å². The summed E-state index contributed by atoms with van der Waals surface area (Å²) in [5.41, 5.74) is 12.5. The molecule has 0 fully saturated rings. The van der Waals surface area contributed by atoms with Gasteiger partial charge >= 0.3 is 0 Å². The second-order valence-corrected chi connectivity index (χ2v) is 10.2. The van der Waals surface area contributed by atoms with E-state index < -0.39 is 0 Å². The van der Waals surface area contributed by atoms with Crippen molar-refractivity contribution in [3.05, 3.63) is 126 Å². The van der Waals surface area contributed by atoms with E-state index in [1.165, 1.54) is 49.6 Å². The van der Waals surface area contributed by atoms with E-state index in [-0.39, 0.29) is 0 Å². The molecule has 0 saturated heterocycles. The molecular formula is C36H34N2. The van der Waals surface area contributed by atoms with Crippen LogP contribution in [0.25, 0.3) is 32.9 Å². The normalized spacial score (nSPS) is 11.4. The molecule has 0 spiro atoms. The number of aromatic nitrogens is 1. The highest BCUT2D eigenvalue weighted by atomic mass is 15.1. The molecule has 6 aromatic rings. The van der Waals surface area contributed by atoms with Crippen molar-refractivity contribution >= 4 is 38.9 Å². The second-order valence-electron chi connectivity index (χ2n) is 10.2. The smallest absolute Gasteiger partial charge is 0.0491 e. The Hall–Kier alpha value is -4.30. The first-order valence-electron chi connectivity index (χ1n) is 13.6. The first-order chi connectivity index (χ1) is 18.6. The molecule has 38 heavy (non-hydrogen) atoms. The number of rotatable bonds is 6. The minimum Gasteiger partial charge on any atom is -0.344 e. The maximum Gasteiger partial charge on any atom is 0.0491 e. The molecule has 1 heterocycles. The molecule has 6 rings (SSSR count). The van der Waals surface area contributed by atoms with Gasteiger partial charge in [0.05, 0.1) is 0 Å². The van der Waals surface area contributed by atoms with Gasteiger partial charge in [0.15, 0.2) is 0 Å². The number of anilines is 3. The van der Waals surface area contributed by atoms with Gasteiger partial charge < -0.3 is 9.47 Å². The van der Waals surface area contributed by atoms with Crippen LogP contribution in [-0.4, -0.2) is 4.57 Å². The molecule has 0 amide bonds. The zero-order chi connectivity index (χ0) is 26.2. The van der Waals surface area contributed by atoms with Crippen LogP contribution < -0.4 is 4.90 Å². The fourth-order valence-corrected chi connectivity index (χ4v) is 5.48. The van der Waals surface area contributed by atoms with Gasteiger partial charge in [0.1, 0.15) is 0 Å². The molecule has 0 atom stereocenters. The summed E-state index contributed by atoms with van der Waals surface area (Å²) in [4.78, 5) is 2.36. The quantitative estimate of drug-likeness (QED) is 0.224. The van der Waals surface area contributed by atoms with Gasteiger partial charge in [0.2, 0.25) is 0 Å². The van der Waals surface area contributed by atoms with Gasteiger partial charge in [-0.2, -0.15) is 0 Å². The lowest BCUT2D eigenvalue weighted by molar-refractivity contribution is 1.01. The Labute approximate surface area is 225 Å². The van der Waals surface area contributed by atoms with Crippen LogP contribution >= 0.6 is 0 Å². The van der Waals surface area contributed by atoms with Crippen molar-refractivity contribution in [1.29, 1.82) is 0 Å². The van der Waals surface area contributed by atoms with Crippen molar-refractivity contribution in [2.45, 2.75) is 33.6 Å². The molecule has 5 aromatic carbocycles. The van der Waals surface area contributed by atoms with Crippen LogP contribution in [0.2, 0.25) is 0 Å². The Bertz CT molecular complexity index is 1720. The van der Waals surface area contributed by atoms with E-state index in [1.54, 1.807) is 0 Å². The largest absolute Gasteiger partial charge is 0.344 e. The highest BCUT2D eigenvalue weighted by Gasteiger charge is 2.16. The molecule has 0 unspecified atom stereocenters. The summed E-state index contributed by atoms with van der Waals surface area (Å²) in [6.07, 6.45) is 2.11. The number of hydrogen-bond donors (Lipinski definition) is 0. The van der Waals surface area contributed by atoms with Gasteiger partial charge in [-0.3, -0.25) is 0 Å². The summed E-state index contributed by atoms with van der Waals surface area (Å²) in [5.74, 6) is 0. The van der Waals surface area contributed by atoms with Crippen molar-refractivity contribution in [1.82, 2.24) is 4.57 Å². The molecule has 0 aliphatic heterocycles. The summed E-state index contributed by atoms with van der Waals surface area (Å²) >= 11 is 0. The lowest BCUT2D eigenvalue weighted by atomic mass is 10.0. The molecule has 0 bridgehead atoms. The van der Waals surface area contributed by atoms with Crippen molar-refractivity contribution in [2.24, 2.45) is 7.05 Å². The Morgan fingerprint density at radius 1 is 0.526 bits per heavy atom. The van der Waals surface area contributed by atoms with E-state index in [4.69, 9.17) is 0 Å². The third kappa shape index (κ3) is 4.26. The Kier molecular flexibility index (Phi) is 6.25. The van der Waals surface area contributed by atoms with Gasteiger partial charge in [-0.15, -0.1) is 0 Å². The standard InChI is InChI=1S/C36H34N2/c1-5-26-9-12-28(13-10-26)29-14-18-31(19-15-29)38(30-16-7-25(3)8-17-30)32-20-22-35-34(24-32)33-21-11-27(6-2)23-36(33)37(35)4/h7-24H,5-6H2,1-4H3. The minimum atomic E-state index is 1.04. The number of benzene rings is 5. The molecule has 0 N–H and O–H groups in total. The van der Waals surface area contributed by atoms with E-state index in [0.717, 1.165) is 29.9 Å². The molecule has 0 aliphatic rings. The van der Waals surface area contributed by atoms with Gasteiger partial charge in [-0.25, -0.2) is 0 Å². The summed E-state index contributed by atoms with van der Waals surface area (Å²) < 4.78 is 2.32. The molecule has 0 saturated carbocycles. The van der Waals surface area contributed by atoms with E-state index in [2.05, 4.69) is 146 Å². The average molecular weight is 495 g/mol. The lowest BCUT2D eigenvalue weighted by Crippen LogP contribution is -2.09. The Morgan fingerprint density at radius 3 is 1.71 bits per heavy atom. The first-order valence-corrected chi connectivity index (χ1v) is 13.6. The minimum absolute atomic E-state index is 1.04. The van der Waals surface area contributed by atoms with Crippen LogP contribution in [0.3, 0.4) is 0 Å². The molecule has 1 aromatic heterocycles. The average Bonchev–Trinajstić information content (AvgIpc) is 3.25. The van der Waals surface area contributed by atoms with E-state index in [0.29, 0.717) is 0 Å². The van der Waals surface area contributed by atoms with Crippen LogP contribution in [0.1, 0.15) is 30.5 Å². The predicted molar refractivity (Wildman–Crippen MR) is 164 cm³/mol. The van der Waals surface area contributed by atoms with Crippen LogP contribution in [-0.2, 0) is 19.9 Å². The SMILES string of the molecule is CCc1ccc(-c2ccc(N(c3ccc(C)cc3)c3ccc4c(c3)c3ccc(CC)cc3n4C)cc2)cc1. The molecular weight excluding hydrogens is 460 g/mol. The monoisotopic (exact) mass is 494 g/mol. The topological polar surface area (TPSA) is 8.17 Å². The predicted octanol–water partition coefficient (Wildman–Crippen LogP) is 9.90. The Morgan fingerprint density at radius 2 is 1.08 bits per heavy atom. The number of hydrogen-bond acceptors (Lipinski definition) is 1. The summed E-state index contributed by atoms with van der Waals surface area (Å²) in [5, 5.41) is 2.59. The lowest BCUT2D eigenvalue weighted by Gasteiger charge is -2.26. The maximum absolute atomic E-state index is 2.36. The van der Waals surface area contributed by atoms with Gasteiger partial charge in [-0.05, 0) is 90.6 Å². The molecule has 0 aliphatic carbocycles. The zero-order valence-electron chi connectivity index (χ0n) is 22.7. The summed E-state index contributed by atoms with van der Waals surface area (Å²) in [6, 6.07) is 40.4. The van der Waals surface area contributed by atoms with Gasteiger partial charge in [-0.1, -0.05) is 80.1 Å². The highest BCUT2D eigenvalue weighted by Crippen LogP contribution is 2.39.